The van der Waals surface area contributed by atoms with Gasteiger partial charge in [-0.15, -0.1) is 0 Å². The summed E-state index contributed by atoms with van der Waals surface area (Å²) < 4.78 is 0. The van der Waals surface area contributed by atoms with Gasteiger partial charge in [0.1, 0.15) is 6.04 Å². The fourth-order valence-corrected chi connectivity index (χ4v) is 3.16. The summed E-state index contributed by atoms with van der Waals surface area (Å²) in [5.74, 6) is -1.44. The number of rotatable bonds is 6. The molecular formula is C18H23NO4. The van der Waals surface area contributed by atoms with E-state index in [2.05, 4.69) is 5.32 Å². The Kier molecular flexibility index (Phi) is 5.53. The van der Waals surface area contributed by atoms with Crippen LogP contribution >= 0.6 is 0 Å². The van der Waals surface area contributed by atoms with E-state index in [-0.39, 0.29) is 18.1 Å². The Morgan fingerprint density at radius 1 is 1.13 bits per heavy atom. The number of Topliss-reactive ketones (excluding diaryl/α,β-unsaturated/α-hetero) is 1. The molecule has 1 amide bonds. The van der Waals surface area contributed by atoms with Crippen molar-refractivity contribution in [3.05, 3.63) is 35.9 Å². The quantitative estimate of drug-likeness (QED) is 0.790. The first kappa shape index (κ1) is 17.2. The molecule has 1 aliphatic carbocycles. The second kappa shape index (κ2) is 7.40. The van der Waals surface area contributed by atoms with E-state index in [1.54, 1.807) is 24.3 Å². The van der Waals surface area contributed by atoms with Crippen LogP contribution < -0.4 is 5.32 Å². The number of benzene rings is 1. The summed E-state index contributed by atoms with van der Waals surface area (Å²) in [6, 6.07) is 7.98. The summed E-state index contributed by atoms with van der Waals surface area (Å²) in [6.45, 7) is 1.44. The molecule has 1 saturated carbocycles. The molecule has 124 valence electrons. The second-order valence-electron chi connectivity index (χ2n) is 6.34. The van der Waals surface area contributed by atoms with Crippen molar-refractivity contribution < 1.29 is 19.5 Å². The number of carbonyl (C=O) groups is 3. The van der Waals surface area contributed by atoms with Gasteiger partial charge in [-0.2, -0.15) is 0 Å². The van der Waals surface area contributed by atoms with Gasteiger partial charge < -0.3 is 10.4 Å². The largest absolute Gasteiger partial charge is 0.480 e. The zero-order chi connectivity index (χ0) is 16.9. The zero-order valence-electron chi connectivity index (χ0n) is 13.4. The van der Waals surface area contributed by atoms with Crippen molar-refractivity contribution in [3.8, 4) is 0 Å². The lowest BCUT2D eigenvalue weighted by molar-refractivity contribution is -0.144. The third-order valence-electron chi connectivity index (χ3n) is 4.61. The smallest absolute Gasteiger partial charge is 0.325 e. The fourth-order valence-electron chi connectivity index (χ4n) is 3.16. The molecule has 2 N–H and O–H groups in total. The third-order valence-corrected chi connectivity index (χ3v) is 4.61. The van der Waals surface area contributed by atoms with Crippen LogP contribution in [0.1, 0.15) is 55.8 Å². The Morgan fingerprint density at radius 2 is 1.74 bits per heavy atom. The number of carboxylic acids is 1. The lowest BCUT2D eigenvalue weighted by atomic mass is 9.69. The summed E-state index contributed by atoms with van der Waals surface area (Å²) in [7, 11) is 0. The Bertz CT molecular complexity index is 576. The van der Waals surface area contributed by atoms with E-state index >= 15 is 0 Å². The highest BCUT2D eigenvalue weighted by Crippen LogP contribution is 2.40. The number of aliphatic carboxylic acids is 1. The Morgan fingerprint density at radius 3 is 2.30 bits per heavy atom. The molecule has 5 heteroatoms. The molecule has 23 heavy (non-hydrogen) atoms. The van der Waals surface area contributed by atoms with Gasteiger partial charge in [-0.3, -0.25) is 14.4 Å². The predicted octanol–water partition coefficient (Wildman–Crippen LogP) is 2.80. The van der Waals surface area contributed by atoms with Crippen molar-refractivity contribution in [1.82, 2.24) is 5.32 Å². The number of nitrogens with one attached hydrogen (secondary N) is 1. The maximum absolute atomic E-state index is 12.7. The summed E-state index contributed by atoms with van der Waals surface area (Å²) in [5, 5.41) is 11.5. The number of hydrogen-bond acceptors (Lipinski definition) is 3. The number of amides is 1. The molecule has 1 aromatic carbocycles. The summed E-state index contributed by atoms with van der Waals surface area (Å²) >= 11 is 0. The number of ketones is 1. The molecule has 0 aromatic heterocycles. The van der Waals surface area contributed by atoms with Gasteiger partial charge in [0, 0.05) is 12.0 Å². The molecule has 0 radical (unpaired) electrons. The van der Waals surface area contributed by atoms with Crippen LogP contribution in [0.4, 0.5) is 0 Å². The highest BCUT2D eigenvalue weighted by molar-refractivity contribution is 6.00. The van der Waals surface area contributed by atoms with E-state index in [1.807, 2.05) is 6.07 Å². The molecule has 0 saturated heterocycles. The van der Waals surface area contributed by atoms with Gasteiger partial charge >= 0.3 is 5.97 Å². The molecule has 0 unspecified atom stereocenters. The zero-order valence-corrected chi connectivity index (χ0v) is 13.4. The minimum absolute atomic E-state index is 0.0642. The van der Waals surface area contributed by atoms with Crippen molar-refractivity contribution in [2.24, 2.45) is 5.41 Å². The highest BCUT2D eigenvalue weighted by atomic mass is 16.4. The number of carbonyl (C=O) groups excluding carboxylic acids is 2. The van der Waals surface area contributed by atoms with E-state index in [1.165, 1.54) is 6.92 Å². The van der Waals surface area contributed by atoms with Crippen LogP contribution in [0, 0.1) is 5.41 Å². The average molecular weight is 317 g/mol. The van der Waals surface area contributed by atoms with Crippen LogP contribution in [0.5, 0.6) is 0 Å². The van der Waals surface area contributed by atoms with Crippen LogP contribution in [0.15, 0.2) is 30.3 Å². The van der Waals surface area contributed by atoms with Crippen LogP contribution in [0.3, 0.4) is 0 Å². The van der Waals surface area contributed by atoms with Gasteiger partial charge in [0.05, 0.1) is 5.41 Å². The second-order valence-corrected chi connectivity index (χ2v) is 6.34. The molecule has 1 aliphatic rings. The van der Waals surface area contributed by atoms with E-state index in [4.69, 9.17) is 5.11 Å². The average Bonchev–Trinajstić information content (AvgIpc) is 2.56. The minimum atomic E-state index is -1.07. The molecule has 0 spiro atoms. The molecule has 0 bridgehead atoms. The summed E-state index contributed by atoms with van der Waals surface area (Å²) in [6.07, 6.45) is 4.21. The van der Waals surface area contributed by atoms with Crippen LogP contribution in [0.25, 0.3) is 0 Å². The lowest BCUT2D eigenvalue weighted by Gasteiger charge is -2.36. The molecule has 0 aliphatic heterocycles. The fraction of sp³-hybridized carbons (Fsp3) is 0.500. The van der Waals surface area contributed by atoms with Crippen molar-refractivity contribution >= 4 is 17.7 Å². The predicted molar refractivity (Wildman–Crippen MR) is 86.1 cm³/mol. The van der Waals surface area contributed by atoms with Gasteiger partial charge in [0.25, 0.3) is 0 Å². The SMILES string of the molecule is C[C@H](NC(=O)C1(CC(=O)c2ccccc2)CCCCC1)C(=O)O. The van der Waals surface area contributed by atoms with E-state index in [0.29, 0.717) is 18.4 Å². The molecule has 5 nitrogen and oxygen atoms in total. The molecular weight excluding hydrogens is 294 g/mol. The van der Waals surface area contributed by atoms with Gasteiger partial charge in [-0.1, -0.05) is 49.6 Å². The van der Waals surface area contributed by atoms with Gasteiger partial charge in [-0.25, -0.2) is 0 Å². The first-order valence-electron chi connectivity index (χ1n) is 8.07. The third kappa shape index (κ3) is 4.18. The molecule has 0 heterocycles. The molecule has 1 aromatic rings. The van der Waals surface area contributed by atoms with Gasteiger partial charge in [0.2, 0.25) is 5.91 Å². The normalized spacial score (nSPS) is 18.0. The van der Waals surface area contributed by atoms with Crippen molar-refractivity contribution in [3.63, 3.8) is 0 Å². The van der Waals surface area contributed by atoms with Gasteiger partial charge in [-0.05, 0) is 19.8 Å². The molecule has 1 fully saturated rings. The number of carboxylic acid groups (broad SMARTS) is 1. The highest BCUT2D eigenvalue weighted by Gasteiger charge is 2.42. The lowest BCUT2D eigenvalue weighted by Crippen LogP contribution is -2.49. The van der Waals surface area contributed by atoms with E-state index < -0.39 is 17.4 Å². The minimum Gasteiger partial charge on any atom is -0.480 e. The van der Waals surface area contributed by atoms with Crippen molar-refractivity contribution in [2.45, 2.75) is 51.5 Å². The van der Waals surface area contributed by atoms with Crippen LogP contribution in [0.2, 0.25) is 0 Å². The summed E-state index contributed by atoms with van der Waals surface area (Å²) in [5.41, 5.74) is -0.189. The van der Waals surface area contributed by atoms with E-state index in [0.717, 1.165) is 19.3 Å². The Balaban J connectivity index is 2.17. The first-order valence-corrected chi connectivity index (χ1v) is 8.07. The number of hydrogen-bond donors (Lipinski definition) is 2. The monoisotopic (exact) mass is 317 g/mol. The molecule has 1 atom stereocenters. The topological polar surface area (TPSA) is 83.5 Å². The van der Waals surface area contributed by atoms with E-state index in [9.17, 15) is 14.4 Å². The standard InChI is InChI=1S/C18H23NO4/c1-13(16(21)22)19-17(23)18(10-6-3-7-11-18)12-15(20)14-8-4-2-5-9-14/h2,4-5,8-9,13H,3,6-7,10-12H2,1H3,(H,19,23)(H,21,22)/t13-/m0/s1. The summed E-state index contributed by atoms with van der Waals surface area (Å²) in [4.78, 5) is 36.2. The van der Waals surface area contributed by atoms with Gasteiger partial charge in [0.15, 0.2) is 5.78 Å². The maximum atomic E-state index is 12.7. The van der Waals surface area contributed by atoms with Crippen molar-refractivity contribution in [2.75, 3.05) is 0 Å². The maximum Gasteiger partial charge on any atom is 0.325 e. The Labute approximate surface area is 136 Å². The Hall–Kier alpha value is -2.17. The first-order chi connectivity index (χ1) is 10.9. The van der Waals surface area contributed by atoms with Crippen LogP contribution in [-0.2, 0) is 9.59 Å². The van der Waals surface area contributed by atoms with Crippen LogP contribution in [-0.4, -0.2) is 28.8 Å². The van der Waals surface area contributed by atoms with Crippen molar-refractivity contribution in [1.29, 1.82) is 0 Å². The molecule has 2 rings (SSSR count).